The van der Waals surface area contributed by atoms with Gasteiger partial charge in [-0.3, -0.25) is 9.78 Å². The molecule has 0 aliphatic rings. The third kappa shape index (κ3) is 5.39. The fourth-order valence-corrected chi connectivity index (χ4v) is 4.07. The van der Waals surface area contributed by atoms with Gasteiger partial charge in [-0.15, -0.1) is 24.8 Å². The summed E-state index contributed by atoms with van der Waals surface area (Å²) in [5.41, 5.74) is 6.14. The molecule has 9 heteroatoms. The van der Waals surface area contributed by atoms with Crippen molar-refractivity contribution >= 4 is 52.3 Å². The second-order valence-electron chi connectivity index (χ2n) is 4.54. The van der Waals surface area contributed by atoms with Crippen LogP contribution < -0.4 is 5.73 Å². The van der Waals surface area contributed by atoms with E-state index >= 15 is 0 Å². The van der Waals surface area contributed by atoms with Crippen molar-refractivity contribution in [1.29, 1.82) is 0 Å². The van der Waals surface area contributed by atoms with Crippen LogP contribution in [0.1, 0.15) is 15.9 Å². The van der Waals surface area contributed by atoms with E-state index in [0.717, 1.165) is 11.2 Å². The van der Waals surface area contributed by atoms with E-state index < -0.39 is 15.7 Å². The van der Waals surface area contributed by atoms with Gasteiger partial charge in [0.1, 0.15) is 0 Å². The van der Waals surface area contributed by atoms with E-state index in [4.69, 9.17) is 5.73 Å². The van der Waals surface area contributed by atoms with Crippen LogP contribution >= 0.6 is 36.6 Å². The highest BCUT2D eigenvalue weighted by Gasteiger charge is 2.19. The van der Waals surface area contributed by atoms with Crippen LogP contribution in [0.3, 0.4) is 0 Å². The summed E-state index contributed by atoms with van der Waals surface area (Å²) in [6, 6.07) is 6.58. The first-order chi connectivity index (χ1) is 9.79. The van der Waals surface area contributed by atoms with Gasteiger partial charge in [-0.25, -0.2) is 8.42 Å². The molecular formula is C14H16Cl2N2O3S2. The van der Waals surface area contributed by atoms with E-state index in [2.05, 4.69) is 4.98 Å². The Morgan fingerprint density at radius 2 is 1.74 bits per heavy atom. The Morgan fingerprint density at radius 3 is 2.22 bits per heavy atom. The molecule has 5 nitrogen and oxygen atoms in total. The fraction of sp³-hybridized carbons (Fsp3) is 0.143. The molecule has 2 aromatic rings. The molecule has 0 aliphatic heterocycles. The lowest BCUT2D eigenvalue weighted by Crippen LogP contribution is -2.14. The molecule has 1 aromatic heterocycles. The van der Waals surface area contributed by atoms with Gasteiger partial charge in [0.05, 0.1) is 4.90 Å². The first-order valence-electron chi connectivity index (χ1n) is 6.01. The van der Waals surface area contributed by atoms with Crippen LogP contribution in [0.2, 0.25) is 0 Å². The van der Waals surface area contributed by atoms with Gasteiger partial charge in [0.2, 0.25) is 5.91 Å². The number of halogens is 2. The Balaban J connectivity index is 0.00000242. The molecule has 0 radical (unpaired) electrons. The maximum absolute atomic E-state index is 12.0. The molecule has 126 valence electrons. The molecule has 0 aliphatic carbocycles. The highest BCUT2D eigenvalue weighted by molar-refractivity contribution is 8.00. The Morgan fingerprint density at radius 1 is 1.17 bits per heavy atom. The van der Waals surface area contributed by atoms with Gasteiger partial charge in [0.15, 0.2) is 9.84 Å². The topological polar surface area (TPSA) is 90.1 Å². The van der Waals surface area contributed by atoms with Crippen LogP contribution in [0.4, 0.5) is 0 Å². The van der Waals surface area contributed by atoms with Crippen LogP contribution in [0.15, 0.2) is 51.3 Å². The molecule has 1 aromatic carbocycles. The predicted molar refractivity (Wildman–Crippen MR) is 95.7 cm³/mol. The lowest BCUT2D eigenvalue weighted by atomic mass is 10.1. The number of primary amides is 1. The molecule has 1 heterocycles. The average Bonchev–Trinajstić information content (AvgIpc) is 2.38. The molecule has 23 heavy (non-hydrogen) atoms. The van der Waals surface area contributed by atoms with E-state index in [1.54, 1.807) is 37.5 Å². The number of benzene rings is 1. The first-order valence-corrected chi connectivity index (χ1v) is 8.72. The number of carbonyl (C=O) groups is 1. The Bertz CT molecular complexity index is 797. The molecule has 2 N–H and O–H groups in total. The maximum Gasteiger partial charge on any atom is 0.249 e. The number of aryl methyl sites for hydroxylation is 1. The van der Waals surface area contributed by atoms with Gasteiger partial charge in [0.25, 0.3) is 0 Å². The monoisotopic (exact) mass is 394 g/mol. The Labute approximate surface area is 151 Å². The summed E-state index contributed by atoms with van der Waals surface area (Å²) >= 11 is 1.30. The van der Waals surface area contributed by atoms with E-state index in [1.165, 1.54) is 17.8 Å². The summed E-state index contributed by atoms with van der Waals surface area (Å²) in [7, 11) is -3.47. The lowest BCUT2D eigenvalue weighted by molar-refractivity contribution is 0.0999. The Kier molecular flexibility index (Phi) is 8.06. The summed E-state index contributed by atoms with van der Waals surface area (Å²) in [6.45, 7) is 1.72. The quantitative estimate of drug-likeness (QED) is 0.860. The molecule has 0 unspecified atom stereocenters. The third-order valence-electron chi connectivity index (χ3n) is 2.83. The van der Waals surface area contributed by atoms with Gasteiger partial charge >= 0.3 is 0 Å². The van der Waals surface area contributed by atoms with Crippen molar-refractivity contribution in [2.75, 3.05) is 6.26 Å². The number of carbonyl (C=O) groups excluding carboxylic acids is 1. The van der Waals surface area contributed by atoms with Crippen molar-refractivity contribution in [1.82, 2.24) is 4.98 Å². The van der Waals surface area contributed by atoms with Crippen molar-refractivity contribution < 1.29 is 13.2 Å². The number of hydrogen-bond donors (Lipinski definition) is 1. The van der Waals surface area contributed by atoms with Crippen LogP contribution in [-0.2, 0) is 9.84 Å². The number of nitrogens with two attached hydrogens (primary N) is 1. The number of hydrogen-bond acceptors (Lipinski definition) is 5. The third-order valence-corrected chi connectivity index (χ3v) is 5.16. The molecule has 1 amide bonds. The van der Waals surface area contributed by atoms with Crippen molar-refractivity contribution in [3.8, 4) is 0 Å². The minimum absolute atomic E-state index is 0. The van der Waals surface area contributed by atoms with Crippen LogP contribution in [0, 0.1) is 6.92 Å². The number of pyridine rings is 1. The zero-order valence-corrected chi connectivity index (χ0v) is 15.6. The number of nitrogens with zero attached hydrogens (tertiary/aromatic N) is 1. The normalized spacial score (nSPS) is 10.3. The first kappa shape index (κ1) is 21.7. The second-order valence-corrected chi connectivity index (χ2v) is 7.63. The van der Waals surface area contributed by atoms with Crippen molar-refractivity contribution in [3.05, 3.63) is 47.8 Å². The SMILES string of the molecule is Cc1cc(Sc2ccncc2)c(S(C)(=O)=O)cc1C(N)=O.Cl.Cl. The summed E-state index contributed by atoms with van der Waals surface area (Å²) in [4.78, 5) is 16.8. The molecule has 2 rings (SSSR count). The van der Waals surface area contributed by atoms with Gasteiger partial charge < -0.3 is 5.73 Å². The van der Waals surface area contributed by atoms with Crippen molar-refractivity contribution in [3.63, 3.8) is 0 Å². The van der Waals surface area contributed by atoms with Crippen LogP contribution in [0.25, 0.3) is 0 Å². The molecular weight excluding hydrogens is 379 g/mol. The zero-order chi connectivity index (χ0) is 15.6. The highest BCUT2D eigenvalue weighted by Crippen LogP contribution is 2.34. The molecule has 0 saturated heterocycles. The molecule has 0 bridgehead atoms. The maximum atomic E-state index is 12.0. The van der Waals surface area contributed by atoms with E-state index in [1.807, 2.05) is 0 Å². The Hall–Kier alpha value is -1.28. The summed E-state index contributed by atoms with van der Waals surface area (Å²) in [5, 5.41) is 0. The number of sulfone groups is 1. The molecule has 0 atom stereocenters. The summed E-state index contributed by atoms with van der Waals surface area (Å²) < 4.78 is 23.9. The standard InChI is InChI=1S/C14H14N2O3S2.2ClH/c1-9-7-12(20-10-3-5-16-6-4-10)13(21(2,18)19)8-11(9)14(15)17;;/h3-8H,1-2H3,(H2,15,17);2*1H. The molecule has 0 saturated carbocycles. The molecule has 0 spiro atoms. The number of aromatic nitrogens is 1. The summed E-state index contributed by atoms with van der Waals surface area (Å²) in [5.74, 6) is -0.641. The van der Waals surface area contributed by atoms with Gasteiger partial charge in [-0.2, -0.15) is 0 Å². The van der Waals surface area contributed by atoms with Gasteiger partial charge in [0, 0.05) is 34.0 Å². The van der Waals surface area contributed by atoms with Crippen LogP contribution in [0.5, 0.6) is 0 Å². The van der Waals surface area contributed by atoms with Crippen LogP contribution in [-0.4, -0.2) is 25.6 Å². The number of rotatable bonds is 4. The average molecular weight is 395 g/mol. The fourth-order valence-electron chi connectivity index (χ4n) is 1.83. The van der Waals surface area contributed by atoms with Crippen molar-refractivity contribution in [2.24, 2.45) is 5.73 Å². The van der Waals surface area contributed by atoms with Gasteiger partial charge in [-0.05, 0) is 36.8 Å². The zero-order valence-electron chi connectivity index (χ0n) is 12.3. The number of amides is 1. The predicted octanol–water partition coefficient (Wildman–Crippen LogP) is 2.89. The lowest BCUT2D eigenvalue weighted by Gasteiger charge is -2.11. The summed E-state index contributed by atoms with van der Waals surface area (Å²) in [6.07, 6.45) is 4.37. The minimum atomic E-state index is -3.47. The second kappa shape index (κ2) is 8.54. The van der Waals surface area contributed by atoms with E-state index in [0.29, 0.717) is 10.5 Å². The smallest absolute Gasteiger partial charge is 0.249 e. The van der Waals surface area contributed by atoms with Gasteiger partial charge in [-0.1, -0.05) is 11.8 Å². The van der Waals surface area contributed by atoms with E-state index in [-0.39, 0.29) is 35.3 Å². The largest absolute Gasteiger partial charge is 0.366 e. The highest BCUT2D eigenvalue weighted by atomic mass is 35.5. The van der Waals surface area contributed by atoms with Crippen molar-refractivity contribution in [2.45, 2.75) is 21.6 Å². The van der Waals surface area contributed by atoms with E-state index in [9.17, 15) is 13.2 Å². The minimum Gasteiger partial charge on any atom is -0.366 e. The molecule has 0 fully saturated rings.